The molecule has 0 bridgehead atoms. The van der Waals surface area contributed by atoms with Crippen molar-refractivity contribution in [3.63, 3.8) is 0 Å². The molecule has 1 saturated carbocycles. The maximum absolute atomic E-state index is 6.08. The molecule has 1 aliphatic rings. The summed E-state index contributed by atoms with van der Waals surface area (Å²) >= 11 is 12.1. The van der Waals surface area contributed by atoms with E-state index in [0.717, 1.165) is 24.2 Å². The van der Waals surface area contributed by atoms with Crippen LogP contribution in [0.2, 0.25) is 10.0 Å². The van der Waals surface area contributed by atoms with Crippen molar-refractivity contribution >= 4 is 28.9 Å². The minimum absolute atomic E-state index is 0.446. The van der Waals surface area contributed by atoms with E-state index < -0.39 is 0 Å². The Balaban J connectivity index is 2.10. The first-order valence-electron chi connectivity index (χ1n) is 6.31. The summed E-state index contributed by atoms with van der Waals surface area (Å²) in [6.45, 7) is 0. The molecule has 1 aromatic carbocycles. The van der Waals surface area contributed by atoms with Crippen molar-refractivity contribution in [1.82, 2.24) is 14.8 Å². The van der Waals surface area contributed by atoms with Crippen molar-refractivity contribution in [3.8, 4) is 11.4 Å². The van der Waals surface area contributed by atoms with Gasteiger partial charge in [-0.3, -0.25) is 0 Å². The largest absolute Gasteiger partial charge is 0.397 e. The lowest BCUT2D eigenvalue weighted by Gasteiger charge is -2.15. The van der Waals surface area contributed by atoms with Gasteiger partial charge in [-0.05, 0) is 25.0 Å². The van der Waals surface area contributed by atoms with E-state index in [4.69, 9.17) is 28.9 Å². The molecule has 0 spiro atoms. The van der Waals surface area contributed by atoms with Crippen LogP contribution in [0.4, 0.5) is 5.69 Å². The van der Waals surface area contributed by atoms with Crippen molar-refractivity contribution in [2.24, 2.45) is 0 Å². The van der Waals surface area contributed by atoms with Crippen LogP contribution in [0.1, 0.15) is 31.7 Å². The fourth-order valence-electron chi connectivity index (χ4n) is 2.65. The molecule has 3 rings (SSSR count). The molecule has 0 amide bonds. The van der Waals surface area contributed by atoms with E-state index in [1.54, 1.807) is 18.5 Å². The van der Waals surface area contributed by atoms with E-state index in [1.165, 1.54) is 12.8 Å². The summed E-state index contributed by atoms with van der Waals surface area (Å²) in [5, 5.41) is 9.20. The second-order valence-electron chi connectivity index (χ2n) is 4.85. The Kier molecular flexibility index (Phi) is 3.37. The summed E-state index contributed by atoms with van der Waals surface area (Å²) in [6.07, 6.45) is 6.56. The zero-order chi connectivity index (χ0) is 13.4. The first-order chi connectivity index (χ1) is 9.16. The molecule has 6 heteroatoms. The van der Waals surface area contributed by atoms with Gasteiger partial charge in [0.2, 0.25) is 0 Å². The van der Waals surface area contributed by atoms with Crippen LogP contribution in [-0.2, 0) is 0 Å². The van der Waals surface area contributed by atoms with Crippen LogP contribution in [0.15, 0.2) is 18.5 Å². The predicted octanol–water partition coefficient (Wildman–Crippen LogP) is 3.95. The Hall–Kier alpha value is -1.26. The zero-order valence-electron chi connectivity index (χ0n) is 10.3. The molecule has 1 aliphatic carbocycles. The van der Waals surface area contributed by atoms with Gasteiger partial charge in [-0.2, -0.15) is 0 Å². The van der Waals surface area contributed by atoms with E-state index >= 15 is 0 Å². The lowest BCUT2D eigenvalue weighted by atomic mass is 10.1. The van der Waals surface area contributed by atoms with Crippen molar-refractivity contribution < 1.29 is 0 Å². The molecule has 100 valence electrons. The Labute approximate surface area is 121 Å². The average molecular weight is 297 g/mol. The van der Waals surface area contributed by atoms with Gasteiger partial charge < -0.3 is 10.3 Å². The number of nitrogens with zero attached hydrogens (tertiary/aromatic N) is 3. The minimum atomic E-state index is 0.446. The van der Waals surface area contributed by atoms with Gasteiger partial charge in [0.15, 0.2) is 5.82 Å². The molecule has 1 fully saturated rings. The van der Waals surface area contributed by atoms with Gasteiger partial charge in [0.1, 0.15) is 6.33 Å². The van der Waals surface area contributed by atoms with Crippen LogP contribution in [0.25, 0.3) is 11.4 Å². The Morgan fingerprint density at radius 1 is 1.21 bits per heavy atom. The maximum atomic E-state index is 6.08. The third-order valence-corrected chi connectivity index (χ3v) is 4.16. The first kappa shape index (κ1) is 12.8. The number of halogens is 2. The van der Waals surface area contributed by atoms with E-state index in [1.807, 2.05) is 0 Å². The number of anilines is 1. The molecule has 4 nitrogen and oxygen atoms in total. The molecule has 1 aromatic heterocycles. The maximum Gasteiger partial charge on any atom is 0.166 e. The van der Waals surface area contributed by atoms with Crippen molar-refractivity contribution in [2.45, 2.75) is 31.7 Å². The number of rotatable bonds is 2. The fourth-order valence-corrected chi connectivity index (χ4v) is 3.15. The molecule has 0 saturated heterocycles. The Bertz CT molecular complexity index is 603. The molecular formula is C13H14Cl2N4. The predicted molar refractivity (Wildman–Crippen MR) is 77.4 cm³/mol. The molecule has 0 unspecified atom stereocenters. The normalized spacial score (nSPS) is 16.1. The lowest BCUT2D eigenvalue weighted by Crippen LogP contribution is -2.06. The molecule has 0 radical (unpaired) electrons. The summed E-state index contributed by atoms with van der Waals surface area (Å²) in [6, 6.07) is 3.87. The Morgan fingerprint density at radius 3 is 2.68 bits per heavy atom. The number of nitrogens with two attached hydrogens (primary N) is 1. The molecule has 19 heavy (non-hydrogen) atoms. The summed E-state index contributed by atoms with van der Waals surface area (Å²) in [4.78, 5) is 0. The van der Waals surface area contributed by atoms with Crippen LogP contribution in [0.3, 0.4) is 0 Å². The SMILES string of the molecule is Nc1c(Cl)cc(Cl)cc1-c1nncn1C1CCCC1. The number of hydrogen-bond acceptors (Lipinski definition) is 3. The van der Waals surface area contributed by atoms with Gasteiger partial charge in [-0.1, -0.05) is 36.0 Å². The molecule has 0 atom stereocenters. The van der Waals surface area contributed by atoms with Crippen molar-refractivity contribution in [3.05, 3.63) is 28.5 Å². The molecular weight excluding hydrogens is 283 g/mol. The van der Waals surface area contributed by atoms with Crippen LogP contribution in [0.5, 0.6) is 0 Å². The van der Waals surface area contributed by atoms with E-state index in [-0.39, 0.29) is 0 Å². The first-order valence-corrected chi connectivity index (χ1v) is 7.07. The summed E-state index contributed by atoms with van der Waals surface area (Å²) in [5.74, 6) is 0.744. The van der Waals surface area contributed by atoms with E-state index in [0.29, 0.717) is 21.8 Å². The number of aromatic nitrogens is 3. The zero-order valence-corrected chi connectivity index (χ0v) is 11.8. The van der Waals surface area contributed by atoms with Crippen LogP contribution >= 0.6 is 23.2 Å². The second-order valence-corrected chi connectivity index (χ2v) is 5.69. The number of hydrogen-bond donors (Lipinski definition) is 1. The highest BCUT2D eigenvalue weighted by atomic mass is 35.5. The fraction of sp³-hybridized carbons (Fsp3) is 0.385. The van der Waals surface area contributed by atoms with Gasteiger partial charge in [0.25, 0.3) is 0 Å². The van der Waals surface area contributed by atoms with Gasteiger partial charge in [0.05, 0.1) is 10.7 Å². The van der Waals surface area contributed by atoms with Gasteiger partial charge in [-0.15, -0.1) is 10.2 Å². The second kappa shape index (κ2) is 5.02. The molecule has 2 aromatic rings. The summed E-state index contributed by atoms with van der Waals surface area (Å²) in [5.41, 5.74) is 7.29. The lowest BCUT2D eigenvalue weighted by molar-refractivity contribution is 0.522. The molecule has 1 heterocycles. The topological polar surface area (TPSA) is 56.7 Å². The van der Waals surface area contributed by atoms with Gasteiger partial charge >= 0.3 is 0 Å². The van der Waals surface area contributed by atoms with E-state index in [2.05, 4.69) is 14.8 Å². The minimum Gasteiger partial charge on any atom is -0.397 e. The highest BCUT2D eigenvalue weighted by Crippen LogP contribution is 2.37. The number of benzene rings is 1. The highest BCUT2D eigenvalue weighted by molar-refractivity contribution is 6.37. The summed E-state index contributed by atoms with van der Waals surface area (Å²) in [7, 11) is 0. The average Bonchev–Trinajstić information content (AvgIpc) is 3.02. The monoisotopic (exact) mass is 296 g/mol. The van der Waals surface area contributed by atoms with E-state index in [9.17, 15) is 0 Å². The third kappa shape index (κ3) is 2.30. The molecule has 0 aliphatic heterocycles. The van der Waals surface area contributed by atoms with Crippen LogP contribution in [-0.4, -0.2) is 14.8 Å². The quantitative estimate of drug-likeness (QED) is 0.854. The van der Waals surface area contributed by atoms with Crippen molar-refractivity contribution in [2.75, 3.05) is 5.73 Å². The summed E-state index contributed by atoms with van der Waals surface area (Å²) < 4.78 is 2.09. The Morgan fingerprint density at radius 2 is 1.95 bits per heavy atom. The highest BCUT2D eigenvalue weighted by Gasteiger charge is 2.22. The molecule has 2 N–H and O–H groups in total. The van der Waals surface area contributed by atoms with Gasteiger partial charge in [-0.25, -0.2) is 0 Å². The van der Waals surface area contributed by atoms with Crippen molar-refractivity contribution in [1.29, 1.82) is 0 Å². The smallest absolute Gasteiger partial charge is 0.166 e. The number of nitrogen functional groups attached to an aromatic ring is 1. The standard InChI is InChI=1S/C13H14Cl2N4/c14-8-5-10(12(16)11(15)6-8)13-18-17-7-19(13)9-3-1-2-4-9/h5-7,9H,1-4,16H2. The van der Waals surface area contributed by atoms with Crippen LogP contribution < -0.4 is 5.73 Å². The third-order valence-electron chi connectivity index (χ3n) is 3.63. The van der Waals surface area contributed by atoms with Crippen LogP contribution in [0, 0.1) is 0 Å². The van der Waals surface area contributed by atoms with Gasteiger partial charge in [0, 0.05) is 16.6 Å².